The van der Waals surface area contributed by atoms with Crippen LogP contribution in [0.4, 0.5) is 0 Å². The van der Waals surface area contributed by atoms with Gasteiger partial charge in [-0.25, -0.2) is 8.42 Å². The van der Waals surface area contributed by atoms with Crippen LogP contribution >= 0.6 is 0 Å². The SMILES string of the molecule is COC1CN(S(=O)(=O)CCOCCN)CCC1C. The van der Waals surface area contributed by atoms with Gasteiger partial charge in [0.05, 0.1) is 25.1 Å². The topological polar surface area (TPSA) is 81.9 Å². The van der Waals surface area contributed by atoms with Gasteiger partial charge in [-0.3, -0.25) is 0 Å². The van der Waals surface area contributed by atoms with E-state index in [1.54, 1.807) is 7.11 Å². The quantitative estimate of drug-likeness (QED) is 0.645. The van der Waals surface area contributed by atoms with Crippen LogP contribution in [0.2, 0.25) is 0 Å². The second kappa shape index (κ2) is 7.40. The van der Waals surface area contributed by atoms with E-state index in [-0.39, 0.29) is 18.5 Å². The summed E-state index contributed by atoms with van der Waals surface area (Å²) in [5.41, 5.74) is 5.27. The van der Waals surface area contributed by atoms with Gasteiger partial charge in [0.2, 0.25) is 10.0 Å². The molecule has 0 aromatic rings. The Morgan fingerprint density at radius 3 is 2.72 bits per heavy atom. The summed E-state index contributed by atoms with van der Waals surface area (Å²) in [6.07, 6.45) is 0.819. The highest BCUT2D eigenvalue weighted by Crippen LogP contribution is 2.21. The van der Waals surface area contributed by atoms with E-state index in [0.717, 1.165) is 6.42 Å². The second-order valence-corrected chi connectivity index (χ2v) is 6.70. The van der Waals surface area contributed by atoms with Crippen molar-refractivity contribution in [1.29, 1.82) is 0 Å². The van der Waals surface area contributed by atoms with E-state index in [9.17, 15) is 8.42 Å². The Kier molecular flexibility index (Phi) is 6.51. The molecule has 2 N–H and O–H groups in total. The van der Waals surface area contributed by atoms with Crippen molar-refractivity contribution in [2.75, 3.05) is 45.7 Å². The third kappa shape index (κ3) is 4.47. The van der Waals surface area contributed by atoms with Crippen molar-refractivity contribution in [3.8, 4) is 0 Å². The standard InChI is InChI=1S/C11H24N2O4S/c1-10-3-5-13(9-11(10)16-2)18(14,15)8-7-17-6-4-12/h10-11H,3-9,12H2,1-2H3. The summed E-state index contributed by atoms with van der Waals surface area (Å²) in [5, 5.41) is 0. The summed E-state index contributed by atoms with van der Waals surface area (Å²) in [5.74, 6) is 0.410. The first-order chi connectivity index (χ1) is 8.51. The number of hydrogen-bond donors (Lipinski definition) is 1. The number of ether oxygens (including phenoxy) is 2. The van der Waals surface area contributed by atoms with Crippen LogP contribution in [0.1, 0.15) is 13.3 Å². The van der Waals surface area contributed by atoms with Gasteiger partial charge in [0, 0.05) is 26.7 Å². The number of sulfonamides is 1. The number of nitrogens with zero attached hydrogens (tertiary/aromatic N) is 1. The highest BCUT2D eigenvalue weighted by Gasteiger charge is 2.32. The van der Waals surface area contributed by atoms with Crippen molar-refractivity contribution in [3.63, 3.8) is 0 Å². The minimum Gasteiger partial charge on any atom is -0.380 e. The van der Waals surface area contributed by atoms with Gasteiger partial charge in [0.25, 0.3) is 0 Å². The monoisotopic (exact) mass is 280 g/mol. The van der Waals surface area contributed by atoms with Gasteiger partial charge < -0.3 is 15.2 Å². The minimum atomic E-state index is -3.24. The third-order valence-electron chi connectivity index (χ3n) is 3.30. The number of piperidine rings is 1. The third-order valence-corrected chi connectivity index (χ3v) is 5.10. The molecular formula is C11H24N2O4S. The van der Waals surface area contributed by atoms with Gasteiger partial charge in [-0.05, 0) is 12.3 Å². The molecule has 1 aliphatic heterocycles. The van der Waals surface area contributed by atoms with E-state index in [1.807, 2.05) is 0 Å². The summed E-state index contributed by atoms with van der Waals surface area (Å²) in [7, 11) is -1.62. The molecule has 1 heterocycles. The van der Waals surface area contributed by atoms with Gasteiger partial charge in [-0.15, -0.1) is 0 Å². The maximum atomic E-state index is 12.1. The molecule has 0 spiro atoms. The summed E-state index contributed by atoms with van der Waals surface area (Å²) in [4.78, 5) is 0. The fraction of sp³-hybridized carbons (Fsp3) is 1.00. The molecule has 1 rings (SSSR count). The molecule has 0 amide bonds. The lowest BCUT2D eigenvalue weighted by Crippen LogP contribution is -2.47. The van der Waals surface area contributed by atoms with Gasteiger partial charge >= 0.3 is 0 Å². The number of methoxy groups -OCH3 is 1. The van der Waals surface area contributed by atoms with Crippen molar-refractivity contribution in [3.05, 3.63) is 0 Å². The van der Waals surface area contributed by atoms with Crippen LogP contribution in [0.3, 0.4) is 0 Å². The number of hydrogen-bond acceptors (Lipinski definition) is 5. The van der Waals surface area contributed by atoms with Crippen molar-refractivity contribution in [2.24, 2.45) is 11.7 Å². The van der Waals surface area contributed by atoms with Crippen molar-refractivity contribution in [1.82, 2.24) is 4.31 Å². The Balaban J connectivity index is 2.47. The first kappa shape index (κ1) is 15.8. The molecule has 0 radical (unpaired) electrons. The van der Waals surface area contributed by atoms with Crippen LogP contribution < -0.4 is 5.73 Å². The minimum absolute atomic E-state index is 0.0117. The molecule has 0 aromatic carbocycles. The van der Waals surface area contributed by atoms with Crippen molar-refractivity contribution >= 4 is 10.0 Å². The van der Waals surface area contributed by atoms with E-state index < -0.39 is 10.0 Å². The van der Waals surface area contributed by atoms with Crippen molar-refractivity contribution < 1.29 is 17.9 Å². The molecule has 108 valence electrons. The lowest BCUT2D eigenvalue weighted by atomic mass is 9.97. The Labute approximate surface area is 109 Å². The van der Waals surface area contributed by atoms with E-state index in [1.165, 1.54) is 4.31 Å². The zero-order chi connectivity index (χ0) is 13.6. The molecular weight excluding hydrogens is 256 g/mol. The van der Waals surface area contributed by atoms with Crippen LogP contribution in [0, 0.1) is 5.92 Å². The van der Waals surface area contributed by atoms with Crippen molar-refractivity contribution in [2.45, 2.75) is 19.4 Å². The van der Waals surface area contributed by atoms with Gasteiger partial charge in [0.15, 0.2) is 0 Å². The Morgan fingerprint density at radius 2 is 2.11 bits per heavy atom. The molecule has 2 atom stereocenters. The maximum absolute atomic E-state index is 12.1. The average molecular weight is 280 g/mol. The fourth-order valence-electron chi connectivity index (χ4n) is 2.04. The van der Waals surface area contributed by atoms with Crippen LogP contribution in [-0.2, 0) is 19.5 Å². The normalized spacial score (nSPS) is 26.4. The van der Waals surface area contributed by atoms with Crippen LogP contribution in [0.15, 0.2) is 0 Å². The predicted molar refractivity (Wildman–Crippen MR) is 69.8 cm³/mol. The molecule has 1 fully saturated rings. The van der Waals surface area contributed by atoms with Crippen LogP contribution in [-0.4, -0.2) is 64.5 Å². The van der Waals surface area contributed by atoms with E-state index in [2.05, 4.69) is 6.92 Å². The van der Waals surface area contributed by atoms with E-state index in [0.29, 0.717) is 32.2 Å². The summed E-state index contributed by atoms with van der Waals surface area (Å²) in [6, 6.07) is 0. The molecule has 0 saturated carbocycles. The zero-order valence-corrected chi connectivity index (χ0v) is 12.0. The molecule has 6 nitrogen and oxygen atoms in total. The molecule has 18 heavy (non-hydrogen) atoms. The predicted octanol–water partition coefficient (Wildman–Crippen LogP) is -0.352. The number of rotatable bonds is 7. The highest BCUT2D eigenvalue weighted by molar-refractivity contribution is 7.89. The molecule has 0 bridgehead atoms. The molecule has 0 aromatic heterocycles. The maximum Gasteiger partial charge on any atom is 0.216 e. The summed E-state index contributed by atoms with van der Waals surface area (Å²) >= 11 is 0. The Hall–Kier alpha value is -0.210. The Morgan fingerprint density at radius 1 is 1.39 bits per heavy atom. The largest absolute Gasteiger partial charge is 0.380 e. The molecule has 0 aliphatic carbocycles. The van der Waals surface area contributed by atoms with Crippen LogP contribution in [0.25, 0.3) is 0 Å². The van der Waals surface area contributed by atoms with Gasteiger partial charge in [0.1, 0.15) is 0 Å². The second-order valence-electron chi connectivity index (χ2n) is 4.62. The van der Waals surface area contributed by atoms with E-state index >= 15 is 0 Å². The summed E-state index contributed by atoms with van der Waals surface area (Å²) < 4.78 is 36.1. The van der Waals surface area contributed by atoms with Crippen LogP contribution in [0.5, 0.6) is 0 Å². The average Bonchev–Trinajstić information content (AvgIpc) is 2.35. The lowest BCUT2D eigenvalue weighted by molar-refractivity contribution is 0.0182. The number of nitrogens with two attached hydrogens (primary N) is 1. The first-order valence-corrected chi connectivity index (χ1v) is 7.90. The summed E-state index contributed by atoms with van der Waals surface area (Å²) in [6.45, 7) is 4.10. The molecule has 7 heteroatoms. The van der Waals surface area contributed by atoms with E-state index in [4.69, 9.17) is 15.2 Å². The molecule has 1 saturated heterocycles. The fourth-order valence-corrected chi connectivity index (χ4v) is 3.39. The highest BCUT2D eigenvalue weighted by atomic mass is 32.2. The Bertz CT molecular complexity index is 334. The molecule has 1 aliphatic rings. The van der Waals surface area contributed by atoms with Gasteiger partial charge in [-0.2, -0.15) is 4.31 Å². The smallest absolute Gasteiger partial charge is 0.216 e. The van der Waals surface area contributed by atoms with Gasteiger partial charge in [-0.1, -0.05) is 6.92 Å². The zero-order valence-electron chi connectivity index (χ0n) is 11.2. The molecule has 2 unspecified atom stereocenters. The first-order valence-electron chi connectivity index (χ1n) is 6.29. The lowest BCUT2D eigenvalue weighted by Gasteiger charge is -2.35.